The molecule has 0 aliphatic carbocycles. The Bertz CT molecular complexity index is 208. The zero-order valence-electron chi connectivity index (χ0n) is 10.4. The van der Waals surface area contributed by atoms with Gasteiger partial charge in [0.1, 0.15) is 39.3 Å². The Morgan fingerprint density at radius 2 is 0.941 bits per heavy atom. The lowest BCUT2D eigenvalue weighted by atomic mass is 10.1. The molecule has 3 saturated heterocycles. The van der Waals surface area contributed by atoms with E-state index in [0.717, 1.165) is 0 Å². The standard InChI is InChI=1S/C12H22N2.2BrH.H2O/c1-3-5-13-7-10-14(6-4-2,11-8-13)12-9-13;;;/h3-4H,1-2,5-12H2;2*1H;1H2/q+2;;;/p-2. The zero-order chi connectivity index (χ0) is 10.1. The minimum atomic E-state index is 0. The average Bonchev–Trinajstić information content (AvgIpc) is 2.22. The molecule has 0 aromatic heterocycles. The van der Waals surface area contributed by atoms with Gasteiger partial charge in [0.2, 0.25) is 0 Å². The van der Waals surface area contributed by atoms with Gasteiger partial charge in [0, 0.05) is 0 Å². The first-order chi connectivity index (χ1) is 6.74. The molecular formula is C12H24Br2N2O. The Balaban J connectivity index is 0. The summed E-state index contributed by atoms with van der Waals surface area (Å²) in [4.78, 5) is 0. The molecule has 0 amide bonds. The van der Waals surface area contributed by atoms with Gasteiger partial charge in [0.05, 0.1) is 13.1 Å². The number of quaternary nitrogens is 2. The number of nitrogens with zero attached hydrogens (tertiary/aromatic N) is 2. The Kier molecular flexibility index (Phi) is 8.89. The van der Waals surface area contributed by atoms with E-state index in [1.807, 2.05) is 0 Å². The molecule has 3 heterocycles. The van der Waals surface area contributed by atoms with Gasteiger partial charge in [-0.15, -0.1) is 0 Å². The average molecular weight is 372 g/mol. The zero-order valence-corrected chi connectivity index (χ0v) is 13.5. The van der Waals surface area contributed by atoms with Crippen molar-refractivity contribution < 1.29 is 48.4 Å². The molecule has 102 valence electrons. The molecule has 0 aromatic carbocycles. The van der Waals surface area contributed by atoms with Gasteiger partial charge in [-0.05, 0) is 12.2 Å². The SMILES string of the molecule is C=CC[N+]12CC[N+](CC=C)(CC1)CC2.O.[Br-].[Br-]. The molecular weight excluding hydrogens is 348 g/mol. The molecule has 3 nitrogen and oxygen atoms in total. The van der Waals surface area contributed by atoms with Crippen molar-refractivity contribution in [3.63, 3.8) is 0 Å². The van der Waals surface area contributed by atoms with Gasteiger partial charge in [-0.25, -0.2) is 0 Å². The van der Waals surface area contributed by atoms with Gasteiger partial charge in [-0.1, -0.05) is 13.2 Å². The van der Waals surface area contributed by atoms with Crippen molar-refractivity contribution in [1.29, 1.82) is 0 Å². The lowest BCUT2D eigenvalue weighted by Gasteiger charge is -2.55. The maximum atomic E-state index is 3.88. The smallest absolute Gasteiger partial charge is 0.129 e. The molecule has 0 spiro atoms. The fourth-order valence-electron chi connectivity index (χ4n) is 3.04. The van der Waals surface area contributed by atoms with Gasteiger partial charge < -0.3 is 48.4 Å². The van der Waals surface area contributed by atoms with E-state index in [-0.39, 0.29) is 39.4 Å². The van der Waals surface area contributed by atoms with Gasteiger partial charge in [0.25, 0.3) is 0 Å². The third-order valence-corrected chi connectivity index (χ3v) is 4.18. The van der Waals surface area contributed by atoms with E-state index in [2.05, 4.69) is 25.3 Å². The van der Waals surface area contributed by atoms with E-state index in [9.17, 15) is 0 Å². The van der Waals surface area contributed by atoms with E-state index >= 15 is 0 Å². The summed E-state index contributed by atoms with van der Waals surface area (Å²) in [5, 5.41) is 0. The third-order valence-electron chi connectivity index (χ3n) is 4.18. The highest BCUT2D eigenvalue weighted by Gasteiger charge is 2.47. The Morgan fingerprint density at radius 3 is 1.12 bits per heavy atom. The molecule has 3 aliphatic heterocycles. The Labute approximate surface area is 126 Å². The number of fused-ring (bicyclic) bond motifs is 3. The van der Waals surface area contributed by atoms with Crippen molar-refractivity contribution in [1.82, 2.24) is 0 Å². The van der Waals surface area contributed by atoms with Crippen LogP contribution in [0.25, 0.3) is 0 Å². The van der Waals surface area contributed by atoms with Crippen LogP contribution in [0.2, 0.25) is 0 Å². The van der Waals surface area contributed by atoms with Crippen LogP contribution in [-0.4, -0.2) is 66.8 Å². The highest BCUT2D eigenvalue weighted by atomic mass is 79.9. The maximum Gasteiger partial charge on any atom is 0.129 e. The summed E-state index contributed by atoms with van der Waals surface area (Å²) in [5.41, 5.74) is 0. The van der Waals surface area contributed by atoms with Crippen molar-refractivity contribution in [2.24, 2.45) is 0 Å². The van der Waals surface area contributed by atoms with E-state index in [4.69, 9.17) is 0 Å². The van der Waals surface area contributed by atoms with Crippen LogP contribution >= 0.6 is 0 Å². The van der Waals surface area contributed by atoms with Crippen LogP contribution in [0.4, 0.5) is 0 Å². The molecule has 3 rings (SSSR count). The molecule has 0 atom stereocenters. The molecule has 5 heteroatoms. The predicted molar refractivity (Wildman–Crippen MR) is 63.5 cm³/mol. The summed E-state index contributed by atoms with van der Waals surface area (Å²) >= 11 is 0. The second kappa shape index (κ2) is 7.69. The number of rotatable bonds is 4. The fraction of sp³-hybridized carbons (Fsp3) is 0.667. The van der Waals surface area contributed by atoms with E-state index in [1.165, 1.54) is 61.3 Å². The molecule has 17 heavy (non-hydrogen) atoms. The summed E-state index contributed by atoms with van der Waals surface area (Å²) in [6.45, 7) is 18.2. The van der Waals surface area contributed by atoms with Crippen molar-refractivity contribution in [2.45, 2.75) is 0 Å². The monoisotopic (exact) mass is 370 g/mol. The van der Waals surface area contributed by atoms with Crippen molar-refractivity contribution >= 4 is 0 Å². The summed E-state index contributed by atoms with van der Waals surface area (Å²) in [7, 11) is 0. The van der Waals surface area contributed by atoms with Gasteiger partial charge in [-0.2, -0.15) is 0 Å². The summed E-state index contributed by atoms with van der Waals surface area (Å²) in [6, 6.07) is 0. The molecule has 2 bridgehead atoms. The third kappa shape index (κ3) is 3.89. The van der Waals surface area contributed by atoms with Crippen molar-refractivity contribution in [2.75, 3.05) is 52.4 Å². The number of hydrogen-bond donors (Lipinski definition) is 0. The van der Waals surface area contributed by atoms with Crippen LogP contribution in [0.15, 0.2) is 25.3 Å². The second-order valence-corrected chi connectivity index (χ2v) is 4.97. The largest absolute Gasteiger partial charge is 1.00 e. The topological polar surface area (TPSA) is 31.5 Å². The number of hydrogen-bond acceptors (Lipinski definition) is 0. The highest BCUT2D eigenvalue weighted by molar-refractivity contribution is 4.74. The van der Waals surface area contributed by atoms with E-state index in [1.54, 1.807) is 0 Å². The lowest BCUT2D eigenvalue weighted by Crippen LogP contribution is -3.00. The quantitative estimate of drug-likeness (QED) is 0.348. The van der Waals surface area contributed by atoms with Crippen LogP contribution in [-0.2, 0) is 0 Å². The summed E-state index contributed by atoms with van der Waals surface area (Å²) < 4.78 is 2.61. The number of halogens is 2. The maximum absolute atomic E-state index is 3.88. The molecule has 3 fully saturated rings. The van der Waals surface area contributed by atoms with Crippen LogP contribution in [0.5, 0.6) is 0 Å². The predicted octanol–water partition coefficient (Wildman–Crippen LogP) is -5.80. The minimum Gasteiger partial charge on any atom is -1.00 e. The summed E-state index contributed by atoms with van der Waals surface area (Å²) in [6.07, 6.45) is 4.19. The second-order valence-electron chi connectivity index (χ2n) is 4.97. The van der Waals surface area contributed by atoms with Gasteiger partial charge >= 0.3 is 0 Å². The Hall–Kier alpha value is 0.320. The van der Waals surface area contributed by atoms with Crippen LogP contribution in [0, 0.1) is 0 Å². The lowest BCUT2D eigenvalue weighted by molar-refractivity contribution is -1.08. The molecule has 0 saturated carbocycles. The van der Waals surface area contributed by atoms with Crippen LogP contribution < -0.4 is 34.0 Å². The first-order valence-corrected chi connectivity index (χ1v) is 5.66. The molecule has 0 radical (unpaired) electrons. The van der Waals surface area contributed by atoms with Gasteiger partial charge in [0.15, 0.2) is 0 Å². The molecule has 0 aromatic rings. The number of piperazine rings is 3. The van der Waals surface area contributed by atoms with E-state index < -0.39 is 0 Å². The normalized spacial score (nSPS) is 33.6. The molecule has 0 unspecified atom stereocenters. The Morgan fingerprint density at radius 1 is 0.706 bits per heavy atom. The van der Waals surface area contributed by atoms with Gasteiger partial charge in [-0.3, -0.25) is 0 Å². The van der Waals surface area contributed by atoms with Crippen molar-refractivity contribution in [3.8, 4) is 0 Å². The van der Waals surface area contributed by atoms with Crippen molar-refractivity contribution in [3.05, 3.63) is 25.3 Å². The van der Waals surface area contributed by atoms with E-state index in [0.29, 0.717) is 0 Å². The molecule has 2 N–H and O–H groups in total. The fourth-order valence-corrected chi connectivity index (χ4v) is 3.04. The first kappa shape index (κ1) is 19.7. The molecule has 3 aliphatic rings. The first-order valence-electron chi connectivity index (χ1n) is 5.66. The van der Waals surface area contributed by atoms with Crippen LogP contribution in [0.1, 0.15) is 0 Å². The summed E-state index contributed by atoms with van der Waals surface area (Å²) in [5.74, 6) is 0. The minimum absolute atomic E-state index is 0. The highest BCUT2D eigenvalue weighted by Crippen LogP contribution is 2.26. The van der Waals surface area contributed by atoms with Crippen LogP contribution in [0.3, 0.4) is 0 Å².